The van der Waals surface area contributed by atoms with Crippen LogP contribution in [0.1, 0.15) is 18.4 Å². The highest BCUT2D eigenvalue weighted by Gasteiger charge is 2.41. The van der Waals surface area contributed by atoms with Crippen molar-refractivity contribution >= 4 is 75.6 Å². The van der Waals surface area contributed by atoms with Crippen molar-refractivity contribution in [1.29, 1.82) is 0 Å². The van der Waals surface area contributed by atoms with Crippen molar-refractivity contribution in [2.75, 3.05) is 0 Å². The third-order valence-electron chi connectivity index (χ3n) is 9.75. The molecule has 1 aliphatic carbocycles. The van der Waals surface area contributed by atoms with Gasteiger partial charge in [0, 0.05) is 37.5 Å². The minimum Gasteiger partial charge on any atom is -0.308 e. The number of thiophene rings is 1. The van der Waals surface area contributed by atoms with Crippen molar-refractivity contribution in [3.63, 3.8) is 0 Å². The molecule has 0 spiro atoms. The van der Waals surface area contributed by atoms with Crippen LogP contribution < -0.4 is 5.32 Å². The van der Waals surface area contributed by atoms with Crippen LogP contribution in [-0.2, 0) is 0 Å². The number of nitrogens with one attached hydrogen (secondary N) is 1. The Bertz CT molecular complexity index is 2600. The SMILES string of the molecule is C1=CCCC(C2NC(c3ccccc3)=[N+]2c2ccc(-n3c4ccccc4c4c5ccccc5c5c6ccccc6sc5c43)cc2)=C1. The molecule has 2 aromatic heterocycles. The third-order valence-corrected chi connectivity index (χ3v) is 10.9. The standard InChI is InChI=1S/C42H29N3S/c1-3-13-27(14-4-1)41-43-42(28-15-5-2-6-16-28)45(41)30-25-23-29(24-26-30)44-35-21-11-9-19-33(35)37-31-17-7-8-18-32(31)38-34-20-10-12-22-36(34)46-40(38)39(37)44/h1-5,7-15,17-26,42H,6,16H2/p+1. The number of benzene rings is 6. The van der Waals surface area contributed by atoms with E-state index >= 15 is 0 Å². The lowest BCUT2D eigenvalue weighted by atomic mass is 9.98. The summed E-state index contributed by atoms with van der Waals surface area (Å²) in [5.41, 5.74) is 7.53. The van der Waals surface area contributed by atoms with Gasteiger partial charge in [-0.3, -0.25) is 0 Å². The second-order valence-electron chi connectivity index (χ2n) is 12.3. The molecule has 2 aliphatic rings. The molecular weight excluding hydrogens is 579 g/mol. The van der Waals surface area contributed by atoms with E-state index in [1.54, 1.807) is 0 Å². The van der Waals surface area contributed by atoms with Crippen LogP contribution in [0.4, 0.5) is 5.69 Å². The van der Waals surface area contributed by atoms with Gasteiger partial charge in [-0.15, -0.1) is 11.3 Å². The van der Waals surface area contributed by atoms with Crippen LogP contribution in [0.15, 0.2) is 151 Å². The van der Waals surface area contributed by atoms with Gasteiger partial charge in [-0.05, 0) is 72.1 Å². The molecule has 1 atom stereocenters. The van der Waals surface area contributed by atoms with E-state index in [1.807, 2.05) is 11.3 Å². The van der Waals surface area contributed by atoms with Crippen molar-refractivity contribution in [2.24, 2.45) is 0 Å². The number of para-hydroxylation sites is 1. The summed E-state index contributed by atoms with van der Waals surface area (Å²) in [7, 11) is 0. The number of aromatic nitrogens is 1. The normalized spacial score (nSPS) is 16.4. The highest BCUT2D eigenvalue weighted by Crippen LogP contribution is 2.47. The van der Waals surface area contributed by atoms with Crippen LogP contribution in [0.5, 0.6) is 0 Å². The molecule has 0 fully saturated rings. The molecule has 3 heterocycles. The van der Waals surface area contributed by atoms with Gasteiger partial charge >= 0.3 is 0 Å². The summed E-state index contributed by atoms with van der Waals surface area (Å²) in [5.74, 6) is 1.16. The molecule has 0 amide bonds. The molecule has 0 radical (unpaired) electrons. The van der Waals surface area contributed by atoms with Crippen LogP contribution in [0.25, 0.3) is 58.4 Å². The van der Waals surface area contributed by atoms with E-state index in [0.29, 0.717) is 0 Å². The molecule has 46 heavy (non-hydrogen) atoms. The quantitative estimate of drug-likeness (QED) is 0.197. The summed E-state index contributed by atoms with van der Waals surface area (Å²) in [5, 5.41) is 11.7. The molecule has 4 heteroatoms. The maximum Gasteiger partial charge on any atom is 0.289 e. The van der Waals surface area contributed by atoms with E-state index in [4.69, 9.17) is 0 Å². The van der Waals surface area contributed by atoms with E-state index in [0.717, 1.165) is 18.7 Å². The zero-order valence-corrected chi connectivity index (χ0v) is 26.0. The molecule has 1 aliphatic heterocycles. The minimum absolute atomic E-state index is 0.156. The molecule has 1 N–H and O–H groups in total. The number of nitrogens with zero attached hydrogens (tertiary/aromatic N) is 2. The number of hydrogen-bond acceptors (Lipinski definition) is 2. The fourth-order valence-electron chi connectivity index (χ4n) is 7.69. The topological polar surface area (TPSA) is 20.0 Å². The molecule has 0 bridgehead atoms. The van der Waals surface area contributed by atoms with Gasteiger partial charge in [0.15, 0.2) is 0 Å². The first-order valence-corrected chi connectivity index (χ1v) is 16.9. The highest BCUT2D eigenvalue weighted by molar-refractivity contribution is 7.27. The van der Waals surface area contributed by atoms with Gasteiger partial charge < -0.3 is 4.57 Å². The first kappa shape index (κ1) is 25.8. The molecule has 3 nitrogen and oxygen atoms in total. The summed E-state index contributed by atoms with van der Waals surface area (Å²) in [4.78, 5) is 0. The molecule has 218 valence electrons. The Morgan fingerprint density at radius 1 is 0.674 bits per heavy atom. The van der Waals surface area contributed by atoms with Crippen molar-refractivity contribution in [2.45, 2.75) is 19.0 Å². The van der Waals surface area contributed by atoms with Crippen LogP contribution in [0.2, 0.25) is 0 Å². The zero-order valence-electron chi connectivity index (χ0n) is 25.2. The molecule has 6 aromatic carbocycles. The first-order chi connectivity index (χ1) is 22.8. The van der Waals surface area contributed by atoms with E-state index in [9.17, 15) is 0 Å². The molecule has 0 saturated carbocycles. The average Bonchev–Trinajstić information content (AvgIpc) is 3.66. The Morgan fingerprint density at radius 3 is 2.15 bits per heavy atom. The van der Waals surface area contributed by atoms with Gasteiger partial charge in [-0.1, -0.05) is 97.1 Å². The lowest BCUT2D eigenvalue weighted by Gasteiger charge is -2.31. The fourth-order valence-corrected chi connectivity index (χ4v) is 8.95. The number of fused-ring (bicyclic) bond motifs is 10. The molecule has 8 aromatic rings. The molecule has 0 saturated heterocycles. The van der Waals surface area contributed by atoms with E-state index < -0.39 is 0 Å². The van der Waals surface area contributed by atoms with Crippen LogP contribution in [0, 0.1) is 0 Å². The van der Waals surface area contributed by atoms with Crippen LogP contribution in [0.3, 0.4) is 0 Å². The molecule has 1 unspecified atom stereocenters. The third kappa shape index (κ3) is 3.68. The predicted octanol–water partition coefficient (Wildman–Crippen LogP) is 10.6. The van der Waals surface area contributed by atoms with Crippen molar-refractivity contribution in [1.82, 2.24) is 9.88 Å². The van der Waals surface area contributed by atoms with Gasteiger partial charge in [-0.2, -0.15) is 4.58 Å². The summed E-state index contributed by atoms with van der Waals surface area (Å²) in [6.45, 7) is 0. The zero-order chi connectivity index (χ0) is 30.2. The Morgan fingerprint density at radius 2 is 1.37 bits per heavy atom. The van der Waals surface area contributed by atoms with Gasteiger partial charge in [0.1, 0.15) is 5.69 Å². The lowest BCUT2D eigenvalue weighted by molar-refractivity contribution is -0.513. The van der Waals surface area contributed by atoms with Gasteiger partial charge in [0.2, 0.25) is 0 Å². The van der Waals surface area contributed by atoms with Gasteiger partial charge in [-0.25, -0.2) is 5.32 Å². The Labute approximate surface area is 270 Å². The first-order valence-electron chi connectivity index (χ1n) is 16.0. The largest absolute Gasteiger partial charge is 0.308 e. The van der Waals surface area contributed by atoms with Crippen molar-refractivity contribution in [3.8, 4) is 5.69 Å². The van der Waals surface area contributed by atoms with Gasteiger partial charge in [0.25, 0.3) is 12.0 Å². The number of allylic oxidation sites excluding steroid dienone is 3. The Kier molecular flexibility index (Phi) is 5.63. The maximum absolute atomic E-state index is 3.79. The predicted molar refractivity (Wildman–Crippen MR) is 195 cm³/mol. The number of hydrogen-bond donors (Lipinski definition) is 1. The second-order valence-corrected chi connectivity index (χ2v) is 13.3. The van der Waals surface area contributed by atoms with Gasteiger partial charge in [0.05, 0.1) is 21.3 Å². The van der Waals surface area contributed by atoms with Crippen molar-refractivity contribution in [3.05, 3.63) is 157 Å². The monoisotopic (exact) mass is 608 g/mol. The summed E-state index contributed by atoms with van der Waals surface area (Å²) < 4.78 is 7.64. The van der Waals surface area contributed by atoms with E-state index in [2.05, 4.69) is 160 Å². The lowest BCUT2D eigenvalue weighted by Crippen LogP contribution is -2.58. The fraction of sp³-hybridized carbons (Fsp3) is 0.0714. The smallest absolute Gasteiger partial charge is 0.289 e. The van der Waals surface area contributed by atoms with E-state index in [1.165, 1.54) is 75.3 Å². The minimum atomic E-state index is 0.156. The van der Waals surface area contributed by atoms with Crippen molar-refractivity contribution < 1.29 is 4.58 Å². The number of rotatable bonds is 4. The second kappa shape index (κ2) is 10.0. The summed E-state index contributed by atoms with van der Waals surface area (Å²) >= 11 is 1.91. The summed E-state index contributed by atoms with van der Waals surface area (Å²) in [6, 6.07) is 46.6. The maximum atomic E-state index is 3.79. The van der Waals surface area contributed by atoms with E-state index in [-0.39, 0.29) is 6.17 Å². The molecular formula is C42H30N3S+. The molecule has 10 rings (SSSR count). The Balaban J connectivity index is 1.22. The van der Waals surface area contributed by atoms with Crippen LogP contribution in [-0.4, -0.2) is 21.1 Å². The van der Waals surface area contributed by atoms with Crippen LogP contribution >= 0.6 is 11.3 Å². The Hall–Kier alpha value is -5.45. The average molecular weight is 609 g/mol. The summed E-state index contributed by atoms with van der Waals surface area (Å²) in [6.07, 6.45) is 9.05. The highest BCUT2D eigenvalue weighted by atomic mass is 32.1. The number of amidine groups is 1.